The molecule has 0 atom stereocenters. The number of esters is 1. The van der Waals surface area contributed by atoms with Crippen molar-refractivity contribution in [3.05, 3.63) is 71.0 Å². The van der Waals surface area contributed by atoms with Crippen LogP contribution in [-0.4, -0.2) is 33.1 Å². The molecule has 0 aliphatic heterocycles. The molecule has 0 aliphatic carbocycles. The van der Waals surface area contributed by atoms with E-state index in [-0.39, 0.29) is 5.97 Å². The molecule has 0 unspecified atom stereocenters. The van der Waals surface area contributed by atoms with E-state index in [9.17, 15) is 4.79 Å². The van der Waals surface area contributed by atoms with Crippen LogP contribution in [0.15, 0.2) is 59.8 Å². The average molecular weight is 445 g/mol. The standard InChI is InChI=1S/C22H25ClN4O2S/c1-2-29-21(28)12-14-30-22-26-25-20(16-24-19-10-6-9-18(23)15-19)27(22)13-11-17-7-4-3-5-8-17/h3-10,15,24H,2,11-14,16H2,1H3. The Hall–Kier alpha value is -2.51. The molecule has 0 radical (unpaired) electrons. The summed E-state index contributed by atoms with van der Waals surface area (Å²) in [6.07, 6.45) is 1.22. The summed E-state index contributed by atoms with van der Waals surface area (Å²) in [6, 6.07) is 17.9. The minimum absolute atomic E-state index is 0.191. The maximum absolute atomic E-state index is 11.6. The van der Waals surface area contributed by atoms with Crippen molar-refractivity contribution in [1.82, 2.24) is 14.8 Å². The Labute approximate surface area is 186 Å². The molecule has 0 aliphatic rings. The summed E-state index contributed by atoms with van der Waals surface area (Å²) in [5.41, 5.74) is 2.18. The molecule has 6 nitrogen and oxygen atoms in total. The van der Waals surface area contributed by atoms with E-state index in [0.717, 1.165) is 29.6 Å². The minimum atomic E-state index is -0.191. The molecule has 0 saturated heterocycles. The zero-order chi connectivity index (χ0) is 21.2. The summed E-state index contributed by atoms with van der Waals surface area (Å²) < 4.78 is 7.11. The number of anilines is 1. The largest absolute Gasteiger partial charge is 0.466 e. The van der Waals surface area contributed by atoms with E-state index in [1.54, 1.807) is 0 Å². The van der Waals surface area contributed by atoms with Gasteiger partial charge in [0, 0.05) is 23.0 Å². The van der Waals surface area contributed by atoms with E-state index in [0.29, 0.717) is 30.3 Å². The molecular formula is C22H25ClN4O2S. The fraction of sp³-hybridized carbons (Fsp3) is 0.318. The van der Waals surface area contributed by atoms with Crippen LogP contribution in [0, 0.1) is 0 Å². The minimum Gasteiger partial charge on any atom is -0.466 e. The van der Waals surface area contributed by atoms with Gasteiger partial charge in [-0.1, -0.05) is 59.8 Å². The first-order valence-corrected chi connectivity index (χ1v) is 11.3. The van der Waals surface area contributed by atoms with Gasteiger partial charge in [0.2, 0.25) is 0 Å². The molecule has 1 aromatic heterocycles. The Kier molecular flexibility index (Phi) is 8.59. The van der Waals surface area contributed by atoms with Gasteiger partial charge in [-0.05, 0) is 37.1 Å². The third-order valence-corrected chi connectivity index (χ3v) is 5.58. The fourth-order valence-corrected chi connectivity index (χ4v) is 4.00. The lowest BCUT2D eigenvalue weighted by molar-refractivity contribution is -0.142. The molecule has 1 heterocycles. The number of nitrogens with one attached hydrogen (secondary N) is 1. The van der Waals surface area contributed by atoms with Gasteiger partial charge in [0.1, 0.15) is 0 Å². The number of carbonyl (C=O) groups excluding carboxylic acids is 1. The molecule has 0 bridgehead atoms. The van der Waals surface area contributed by atoms with Gasteiger partial charge < -0.3 is 14.6 Å². The lowest BCUT2D eigenvalue weighted by atomic mass is 10.1. The fourth-order valence-electron chi connectivity index (χ4n) is 2.91. The summed E-state index contributed by atoms with van der Waals surface area (Å²) in [7, 11) is 0. The highest BCUT2D eigenvalue weighted by Gasteiger charge is 2.14. The number of ether oxygens (including phenoxy) is 1. The van der Waals surface area contributed by atoms with E-state index < -0.39 is 0 Å². The van der Waals surface area contributed by atoms with E-state index in [1.165, 1.54) is 17.3 Å². The molecule has 3 rings (SSSR count). The number of halogens is 1. The lowest BCUT2D eigenvalue weighted by Gasteiger charge is -2.12. The van der Waals surface area contributed by atoms with E-state index in [4.69, 9.17) is 16.3 Å². The van der Waals surface area contributed by atoms with Crippen LogP contribution in [0.25, 0.3) is 0 Å². The van der Waals surface area contributed by atoms with Crippen molar-refractivity contribution in [2.75, 3.05) is 17.7 Å². The number of nitrogens with zero attached hydrogens (tertiary/aromatic N) is 3. The average Bonchev–Trinajstić information content (AvgIpc) is 3.13. The van der Waals surface area contributed by atoms with Gasteiger partial charge in [-0.3, -0.25) is 4.79 Å². The Bertz CT molecular complexity index is 949. The highest BCUT2D eigenvalue weighted by Crippen LogP contribution is 2.21. The summed E-state index contributed by atoms with van der Waals surface area (Å²) in [5.74, 6) is 1.25. The van der Waals surface area contributed by atoms with Gasteiger partial charge in [0.25, 0.3) is 0 Å². The quantitative estimate of drug-likeness (QED) is 0.337. The first-order valence-electron chi connectivity index (χ1n) is 9.89. The Morgan fingerprint density at radius 2 is 2.00 bits per heavy atom. The molecule has 0 spiro atoms. The third-order valence-electron chi connectivity index (χ3n) is 4.38. The van der Waals surface area contributed by atoms with Crippen LogP contribution in [-0.2, 0) is 29.0 Å². The van der Waals surface area contributed by atoms with Gasteiger partial charge in [0.05, 0.1) is 19.6 Å². The normalized spacial score (nSPS) is 10.7. The monoisotopic (exact) mass is 444 g/mol. The van der Waals surface area contributed by atoms with Crippen LogP contribution in [0.5, 0.6) is 0 Å². The number of thioether (sulfide) groups is 1. The van der Waals surface area contributed by atoms with Crippen molar-refractivity contribution in [2.45, 2.75) is 38.0 Å². The zero-order valence-electron chi connectivity index (χ0n) is 16.9. The number of carbonyl (C=O) groups is 1. The van der Waals surface area contributed by atoms with Crippen molar-refractivity contribution in [1.29, 1.82) is 0 Å². The second-order valence-corrected chi connectivity index (χ2v) is 8.05. The van der Waals surface area contributed by atoms with E-state index in [2.05, 4.69) is 32.2 Å². The maximum Gasteiger partial charge on any atom is 0.306 e. The maximum atomic E-state index is 11.6. The van der Waals surface area contributed by atoms with Crippen LogP contribution >= 0.6 is 23.4 Å². The Morgan fingerprint density at radius 1 is 1.17 bits per heavy atom. The van der Waals surface area contributed by atoms with Gasteiger partial charge in [-0.25, -0.2) is 0 Å². The molecule has 0 fully saturated rings. The van der Waals surface area contributed by atoms with Gasteiger partial charge in [0.15, 0.2) is 11.0 Å². The Balaban J connectivity index is 1.68. The molecule has 3 aromatic rings. The highest BCUT2D eigenvalue weighted by atomic mass is 35.5. The number of aromatic nitrogens is 3. The molecule has 1 N–H and O–H groups in total. The van der Waals surface area contributed by atoms with Gasteiger partial charge in [-0.2, -0.15) is 0 Å². The van der Waals surface area contributed by atoms with Crippen molar-refractivity contribution < 1.29 is 9.53 Å². The van der Waals surface area contributed by atoms with Crippen LogP contribution in [0.2, 0.25) is 5.02 Å². The predicted octanol–water partition coefficient (Wildman–Crippen LogP) is 4.83. The van der Waals surface area contributed by atoms with Crippen LogP contribution < -0.4 is 5.32 Å². The van der Waals surface area contributed by atoms with Crippen molar-refractivity contribution >= 4 is 35.0 Å². The molecule has 2 aromatic carbocycles. The number of hydrogen-bond acceptors (Lipinski definition) is 6. The SMILES string of the molecule is CCOC(=O)CCSc1nnc(CNc2cccc(Cl)c2)n1CCc1ccccc1. The van der Waals surface area contributed by atoms with E-state index in [1.807, 2.05) is 49.4 Å². The van der Waals surface area contributed by atoms with Gasteiger partial charge in [-0.15, -0.1) is 10.2 Å². The number of aryl methyl sites for hydroxylation is 1. The summed E-state index contributed by atoms with van der Waals surface area (Å²) in [6.45, 7) is 3.49. The number of rotatable bonds is 11. The molecular weight excluding hydrogens is 420 g/mol. The second-order valence-electron chi connectivity index (χ2n) is 6.55. The molecule has 30 heavy (non-hydrogen) atoms. The lowest BCUT2D eigenvalue weighted by Crippen LogP contribution is -2.12. The second kappa shape index (κ2) is 11.6. The first-order chi connectivity index (χ1) is 14.7. The summed E-state index contributed by atoms with van der Waals surface area (Å²) in [5, 5.41) is 13.6. The molecule has 158 valence electrons. The number of hydrogen-bond donors (Lipinski definition) is 1. The van der Waals surface area contributed by atoms with Crippen molar-refractivity contribution in [3.63, 3.8) is 0 Å². The third kappa shape index (κ3) is 6.78. The van der Waals surface area contributed by atoms with Crippen LogP contribution in [0.3, 0.4) is 0 Å². The van der Waals surface area contributed by atoms with Gasteiger partial charge >= 0.3 is 5.97 Å². The number of benzene rings is 2. The van der Waals surface area contributed by atoms with Crippen molar-refractivity contribution in [2.24, 2.45) is 0 Å². The van der Waals surface area contributed by atoms with E-state index >= 15 is 0 Å². The zero-order valence-corrected chi connectivity index (χ0v) is 18.5. The molecule has 0 amide bonds. The Morgan fingerprint density at radius 3 is 2.77 bits per heavy atom. The summed E-state index contributed by atoms with van der Waals surface area (Å²) in [4.78, 5) is 11.6. The highest BCUT2D eigenvalue weighted by molar-refractivity contribution is 7.99. The van der Waals surface area contributed by atoms with Crippen LogP contribution in [0.1, 0.15) is 24.7 Å². The smallest absolute Gasteiger partial charge is 0.306 e. The molecule has 0 saturated carbocycles. The van der Waals surface area contributed by atoms with Crippen LogP contribution in [0.4, 0.5) is 5.69 Å². The molecule has 8 heteroatoms. The summed E-state index contributed by atoms with van der Waals surface area (Å²) >= 11 is 7.59. The van der Waals surface area contributed by atoms with Crippen molar-refractivity contribution in [3.8, 4) is 0 Å². The predicted molar refractivity (Wildman–Crippen MR) is 121 cm³/mol. The topological polar surface area (TPSA) is 69.0 Å². The first kappa shape index (κ1) is 22.2.